The second-order valence-corrected chi connectivity index (χ2v) is 15.5. The molecule has 2 bridgehead atoms. The number of hydrogen-bond acceptors (Lipinski definition) is 5. The van der Waals surface area contributed by atoms with E-state index in [1.165, 1.54) is 25.7 Å². The van der Waals surface area contributed by atoms with Gasteiger partial charge in [-0.15, -0.1) is 0 Å². The summed E-state index contributed by atoms with van der Waals surface area (Å²) in [4.78, 5) is 49.2. The summed E-state index contributed by atoms with van der Waals surface area (Å²) in [5.74, 6) is 1.38. The van der Waals surface area contributed by atoms with Crippen molar-refractivity contribution in [3.05, 3.63) is 58.1 Å². The first-order valence-corrected chi connectivity index (χ1v) is 18.8. The van der Waals surface area contributed by atoms with Gasteiger partial charge in [0.25, 0.3) is 0 Å². The van der Waals surface area contributed by atoms with Gasteiger partial charge in [-0.3, -0.25) is 4.79 Å². The highest BCUT2D eigenvalue weighted by Gasteiger charge is 2.42. The van der Waals surface area contributed by atoms with Crippen LogP contribution in [0.15, 0.2) is 36.4 Å². The van der Waals surface area contributed by atoms with Crippen LogP contribution in [-0.4, -0.2) is 95.0 Å². The number of rotatable bonds is 7. The van der Waals surface area contributed by atoms with Crippen molar-refractivity contribution in [3.8, 4) is 0 Å². The standard InChI is InChI=1S/C38H52ClN7O3/c1-3-25-18-24(19-32(39)35(25)40)20-34(36(47)44-14-10-26(11-15-44)28-21-30-8-9-31(22-28)43(30)2)42-37(48)45-16-12-29(13-17-45)46-23-27-6-4-5-7-33(27)41-38(46)49/h4-7,18-19,26,28-31,34H,3,8-17,20-23,40H2,1-2H3,(H,41,49)(H,42,48)/t28?,30?,31?,34-/m1/s1. The fourth-order valence-electron chi connectivity index (χ4n) is 9.37. The first kappa shape index (κ1) is 34.0. The number of piperidine rings is 3. The lowest BCUT2D eigenvalue weighted by molar-refractivity contribution is -0.135. The van der Waals surface area contributed by atoms with E-state index in [9.17, 15) is 14.4 Å². The van der Waals surface area contributed by atoms with Crippen molar-refractivity contribution in [2.45, 2.75) is 102 Å². The number of urea groups is 2. The monoisotopic (exact) mass is 689 g/mol. The van der Waals surface area contributed by atoms with Crippen LogP contribution < -0.4 is 16.4 Å². The molecule has 5 heterocycles. The lowest BCUT2D eigenvalue weighted by atomic mass is 9.76. The van der Waals surface area contributed by atoms with Gasteiger partial charge in [0.05, 0.1) is 10.7 Å². The molecule has 11 heteroatoms. The fourth-order valence-corrected chi connectivity index (χ4v) is 9.63. The Morgan fingerprint density at radius 1 is 0.939 bits per heavy atom. The number of anilines is 2. The Hall–Kier alpha value is -3.50. The number of carbonyl (C=O) groups is 3. The third kappa shape index (κ3) is 7.09. The van der Waals surface area contributed by atoms with Gasteiger partial charge < -0.3 is 36.0 Å². The molecular formula is C38H52ClN7O3. The van der Waals surface area contributed by atoms with E-state index in [1.807, 2.05) is 53.1 Å². The molecule has 5 aliphatic rings. The van der Waals surface area contributed by atoms with Gasteiger partial charge >= 0.3 is 12.1 Å². The molecule has 0 aliphatic carbocycles. The predicted octanol–water partition coefficient (Wildman–Crippen LogP) is 5.73. The van der Waals surface area contributed by atoms with Crippen LogP contribution >= 0.6 is 11.6 Å². The Labute approximate surface area is 295 Å². The topological polar surface area (TPSA) is 114 Å². The molecule has 0 spiro atoms. The molecule has 4 saturated heterocycles. The summed E-state index contributed by atoms with van der Waals surface area (Å²) in [6.45, 7) is 5.08. The van der Waals surface area contributed by atoms with Gasteiger partial charge in [0.15, 0.2) is 0 Å². The number of likely N-dealkylation sites (tertiary alicyclic amines) is 2. The number of hydrogen-bond donors (Lipinski definition) is 3. The summed E-state index contributed by atoms with van der Waals surface area (Å²) in [6.07, 6.45) is 9.71. The number of nitrogen functional groups attached to an aromatic ring is 1. The van der Waals surface area contributed by atoms with Crippen molar-refractivity contribution in [2.24, 2.45) is 11.8 Å². The van der Waals surface area contributed by atoms with Gasteiger partial charge in [0.1, 0.15) is 6.04 Å². The Morgan fingerprint density at radius 3 is 2.31 bits per heavy atom. The van der Waals surface area contributed by atoms with Gasteiger partial charge in [-0.2, -0.15) is 0 Å². The molecule has 10 nitrogen and oxygen atoms in total. The second kappa shape index (κ2) is 14.4. The maximum Gasteiger partial charge on any atom is 0.322 e. The summed E-state index contributed by atoms with van der Waals surface area (Å²) in [5.41, 5.74) is 10.6. The highest BCUT2D eigenvalue weighted by atomic mass is 35.5. The molecule has 2 unspecified atom stereocenters. The number of aryl methyl sites for hydroxylation is 1. The molecule has 0 radical (unpaired) electrons. The molecule has 49 heavy (non-hydrogen) atoms. The van der Waals surface area contributed by atoms with Gasteiger partial charge in [-0.1, -0.05) is 42.8 Å². The van der Waals surface area contributed by atoms with E-state index in [1.54, 1.807) is 4.90 Å². The lowest BCUT2D eigenvalue weighted by Crippen LogP contribution is -2.57. The zero-order valence-electron chi connectivity index (χ0n) is 29.0. The smallest absolute Gasteiger partial charge is 0.322 e. The van der Waals surface area contributed by atoms with Crippen LogP contribution in [0.4, 0.5) is 21.0 Å². The van der Waals surface area contributed by atoms with Crippen molar-refractivity contribution in [1.82, 2.24) is 24.9 Å². The Morgan fingerprint density at radius 2 is 1.61 bits per heavy atom. The average molecular weight is 690 g/mol. The van der Waals surface area contributed by atoms with Gasteiger partial charge in [-0.05, 0) is 105 Å². The molecule has 0 aromatic heterocycles. The lowest BCUT2D eigenvalue weighted by Gasteiger charge is -2.43. The molecule has 3 atom stereocenters. The molecular weight excluding hydrogens is 638 g/mol. The number of nitrogens with zero attached hydrogens (tertiary/aromatic N) is 4. The molecule has 5 aliphatic heterocycles. The van der Waals surface area contributed by atoms with Gasteiger partial charge in [0.2, 0.25) is 5.91 Å². The van der Waals surface area contributed by atoms with Crippen molar-refractivity contribution in [2.75, 3.05) is 44.3 Å². The molecule has 4 N–H and O–H groups in total. The van der Waals surface area contributed by atoms with Crippen molar-refractivity contribution < 1.29 is 14.4 Å². The van der Waals surface area contributed by atoms with E-state index in [4.69, 9.17) is 17.3 Å². The maximum atomic E-state index is 14.2. The van der Waals surface area contributed by atoms with Crippen LogP contribution in [0.25, 0.3) is 0 Å². The van der Waals surface area contributed by atoms with Crippen LogP contribution in [-0.2, 0) is 24.2 Å². The minimum absolute atomic E-state index is 0.0280. The van der Waals surface area contributed by atoms with Crippen LogP contribution in [0, 0.1) is 11.8 Å². The Kier molecular flexibility index (Phi) is 9.98. The number of nitrogens with one attached hydrogen (secondary N) is 2. The highest BCUT2D eigenvalue weighted by molar-refractivity contribution is 6.33. The van der Waals surface area contributed by atoms with Crippen LogP contribution in [0.1, 0.15) is 75.0 Å². The molecule has 2 aromatic carbocycles. The fraction of sp³-hybridized carbons (Fsp3) is 0.605. The molecule has 2 aromatic rings. The minimum Gasteiger partial charge on any atom is -0.397 e. The number of halogens is 1. The maximum absolute atomic E-state index is 14.2. The van der Waals surface area contributed by atoms with E-state index in [0.717, 1.165) is 72.7 Å². The van der Waals surface area contributed by atoms with Crippen LogP contribution in [0.2, 0.25) is 5.02 Å². The summed E-state index contributed by atoms with van der Waals surface area (Å²) in [7, 11) is 2.29. The van der Waals surface area contributed by atoms with Crippen molar-refractivity contribution in [3.63, 3.8) is 0 Å². The first-order chi connectivity index (χ1) is 23.7. The zero-order valence-corrected chi connectivity index (χ0v) is 29.8. The van der Waals surface area contributed by atoms with Crippen LogP contribution in [0.5, 0.6) is 0 Å². The van der Waals surface area contributed by atoms with Gasteiger partial charge in [0, 0.05) is 63.0 Å². The summed E-state index contributed by atoms with van der Waals surface area (Å²) >= 11 is 6.53. The first-order valence-electron chi connectivity index (χ1n) is 18.5. The summed E-state index contributed by atoms with van der Waals surface area (Å²) in [5, 5.41) is 6.63. The predicted molar refractivity (Wildman–Crippen MR) is 193 cm³/mol. The number of para-hydroxylation sites is 1. The second-order valence-electron chi connectivity index (χ2n) is 15.1. The quantitative estimate of drug-likeness (QED) is 0.322. The third-order valence-electron chi connectivity index (χ3n) is 12.4. The average Bonchev–Trinajstić information content (AvgIpc) is 3.30. The van der Waals surface area contributed by atoms with E-state index in [-0.39, 0.29) is 24.0 Å². The molecule has 7 rings (SSSR count). The van der Waals surface area contributed by atoms with Crippen molar-refractivity contribution >= 4 is 40.9 Å². The largest absolute Gasteiger partial charge is 0.397 e. The molecule has 264 valence electrons. The number of benzene rings is 2. The highest BCUT2D eigenvalue weighted by Crippen LogP contribution is 2.43. The third-order valence-corrected chi connectivity index (χ3v) is 12.7. The number of nitrogens with two attached hydrogens (primary N) is 1. The minimum atomic E-state index is -0.713. The summed E-state index contributed by atoms with van der Waals surface area (Å²) < 4.78 is 0. The summed E-state index contributed by atoms with van der Waals surface area (Å²) in [6, 6.07) is 12.2. The zero-order chi connectivity index (χ0) is 34.2. The number of amides is 5. The Bertz CT molecular complexity index is 1540. The van der Waals surface area contributed by atoms with E-state index >= 15 is 0 Å². The van der Waals surface area contributed by atoms with E-state index in [0.29, 0.717) is 55.5 Å². The van der Waals surface area contributed by atoms with Crippen LogP contribution in [0.3, 0.4) is 0 Å². The Balaban J connectivity index is 0.997. The normalized spacial score (nSPS) is 25.6. The molecule has 0 saturated carbocycles. The number of carbonyl (C=O) groups excluding carboxylic acids is 3. The van der Waals surface area contributed by atoms with Gasteiger partial charge in [-0.25, -0.2) is 9.59 Å². The number of fused-ring (bicyclic) bond motifs is 3. The van der Waals surface area contributed by atoms with Crippen molar-refractivity contribution in [1.29, 1.82) is 0 Å². The van der Waals surface area contributed by atoms with E-state index < -0.39 is 6.04 Å². The SMILES string of the molecule is CCc1cc(C[C@@H](NC(=O)N2CCC(N3Cc4ccccc4NC3=O)CC2)C(=O)N2CCC(C3CC4CCC(C3)N4C)CC2)cc(Cl)c1N. The molecule has 4 fully saturated rings. The molecule has 5 amide bonds. The van der Waals surface area contributed by atoms with E-state index in [2.05, 4.69) is 22.6 Å².